The minimum atomic E-state index is -3.94. The second-order valence-electron chi connectivity index (χ2n) is 8.06. The van der Waals surface area contributed by atoms with E-state index in [1.165, 1.54) is 13.0 Å². The van der Waals surface area contributed by atoms with Gasteiger partial charge in [-0.2, -0.15) is 4.72 Å². The minimum Gasteiger partial charge on any atom is -0.434 e. The maximum absolute atomic E-state index is 13.0. The van der Waals surface area contributed by atoms with Gasteiger partial charge in [-0.25, -0.2) is 8.42 Å². The Morgan fingerprint density at radius 2 is 1.87 bits per heavy atom. The van der Waals surface area contributed by atoms with Gasteiger partial charge < -0.3 is 14.8 Å². The zero-order valence-corrected chi connectivity index (χ0v) is 18.6. The van der Waals surface area contributed by atoms with E-state index in [0.29, 0.717) is 19.4 Å². The van der Waals surface area contributed by atoms with Gasteiger partial charge in [0.15, 0.2) is 0 Å². The molecule has 1 aliphatic heterocycles. The molecule has 1 unspecified atom stereocenters. The van der Waals surface area contributed by atoms with Gasteiger partial charge in [-0.1, -0.05) is 44.2 Å². The molecule has 8 nitrogen and oxygen atoms in total. The standard InChI is InChI=1S/C22H28N2O6S/c1-14(2)12-20(21(26)23-19-10-11-29-22(19)30-15(3)25)24-31(27,28)18-9-8-16-6-4-5-7-17(16)13-18/h4-9,13-14,19-20,22,24H,10-12H2,1-3H3,(H,23,26)/t19-,20?,22-/m0/s1. The number of fused-ring (bicyclic) bond motifs is 1. The quantitative estimate of drug-likeness (QED) is 0.600. The summed E-state index contributed by atoms with van der Waals surface area (Å²) in [6, 6.07) is 10.8. The number of rotatable bonds is 8. The molecule has 0 spiro atoms. The maximum atomic E-state index is 13.0. The molecule has 1 amide bonds. The number of hydrogen-bond donors (Lipinski definition) is 2. The molecule has 2 aromatic carbocycles. The van der Waals surface area contributed by atoms with E-state index in [9.17, 15) is 18.0 Å². The average molecular weight is 449 g/mol. The number of hydrogen-bond acceptors (Lipinski definition) is 6. The highest BCUT2D eigenvalue weighted by Gasteiger charge is 2.35. The number of ether oxygens (including phenoxy) is 2. The van der Waals surface area contributed by atoms with Crippen LogP contribution in [0.25, 0.3) is 10.8 Å². The summed E-state index contributed by atoms with van der Waals surface area (Å²) >= 11 is 0. The molecule has 0 aromatic heterocycles. The number of benzene rings is 2. The number of carbonyl (C=O) groups is 2. The first kappa shape index (κ1) is 23.2. The zero-order valence-electron chi connectivity index (χ0n) is 17.8. The first-order valence-electron chi connectivity index (χ1n) is 10.3. The molecule has 2 N–H and O–H groups in total. The lowest BCUT2D eigenvalue weighted by Gasteiger charge is -2.24. The molecule has 1 saturated heterocycles. The van der Waals surface area contributed by atoms with Crippen molar-refractivity contribution in [2.24, 2.45) is 5.92 Å². The highest BCUT2D eigenvalue weighted by molar-refractivity contribution is 7.89. The van der Waals surface area contributed by atoms with Crippen LogP contribution in [0.5, 0.6) is 0 Å². The van der Waals surface area contributed by atoms with Gasteiger partial charge in [0.1, 0.15) is 6.04 Å². The number of amides is 1. The van der Waals surface area contributed by atoms with Crippen molar-refractivity contribution in [3.8, 4) is 0 Å². The van der Waals surface area contributed by atoms with Crippen LogP contribution < -0.4 is 10.0 Å². The summed E-state index contributed by atoms with van der Waals surface area (Å²) in [6.45, 7) is 5.41. The summed E-state index contributed by atoms with van der Waals surface area (Å²) in [7, 11) is -3.94. The highest BCUT2D eigenvalue weighted by atomic mass is 32.2. The molecule has 0 bridgehead atoms. The van der Waals surface area contributed by atoms with Crippen molar-refractivity contribution in [2.75, 3.05) is 6.61 Å². The Labute approximate surface area is 182 Å². The lowest BCUT2D eigenvalue weighted by atomic mass is 10.0. The molecular weight excluding hydrogens is 420 g/mol. The van der Waals surface area contributed by atoms with Crippen LogP contribution in [0, 0.1) is 5.92 Å². The first-order chi connectivity index (χ1) is 14.7. The van der Waals surface area contributed by atoms with Crippen molar-refractivity contribution >= 4 is 32.7 Å². The van der Waals surface area contributed by atoms with E-state index in [-0.39, 0.29) is 10.8 Å². The number of carbonyl (C=O) groups excluding carboxylic acids is 2. The molecule has 1 aliphatic rings. The second-order valence-corrected chi connectivity index (χ2v) is 9.78. The molecule has 1 fully saturated rings. The maximum Gasteiger partial charge on any atom is 0.305 e. The summed E-state index contributed by atoms with van der Waals surface area (Å²) in [4.78, 5) is 24.3. The largest absolute Gasteiger partial charge is 0.434 e. The van der Waals surface area contributed by atoms with Gasteiger partial charge in [-0.05, 0) is 41.7 Å². The molecule has 0 aliphatic carbocycles. The van der Waals surface area contributed by atoms with Crippen LogP contribution in [-0.2, 0) is 29.1 Å². The lowest BCUT2D eigenvalue weighted by molar-refractivity contribution is -0.170. The van der Waals surface area contributed by atoms with Crippen LogP contribution in [-0.4, -0.2) is 45.3 Å². The van der Waals surface area contributed by atoms with Crippen LogP contribution >= 0.6 is 0 Å². The van der Waals surface area contributed by atoms with E-state index in [1.54, 1.807) is 12.1 Å². The van der Waals surface area contributed by atoms with Gasteiger partial charge in [0.05, 0.1) is 17.5 Å². The van der Waals surface area contributed by atoms with Gasteiger partial charge >= 0.3 is 5.97 Å². The van der Waals surface area contributed by atoms with Gasteiger partial charge in [-0.3, -0.25) is 9.59 Å². The summed E-state index contributed by atoms with van der Waals surface area (Å²) in [5.41, 5.74) is 0. The fraction of sp³-hybridized carbons (Fsp3) is 0.455. The Balaban J connectivity index is 1.77. The predicted octanol–water partition coefficient (Wildman–Crippen LogP) is 2.33. The van der Waals surface area contributed by atoms with E-state index in [4.69, 9.17) is 9.47 Å². The van der Waals surface area contributed by atoms with Crippen LogP contribution in [0.4, 0.5) is 0 Å². The zero-order chi connectivity index (χ0) is 22.6. The molecule has 3 rings (SSSR count). The second kappa shape index (κ2) is 9.76. The highest BCUT2D eigenvalue weighted by Crippen LogP contribution is 2.20. The fourth-order valence-corrected chi connectivity index (χ4v) is 4.78. The van der Waals surface area contributed by atoms with Crippen LogP contribution in [0.15, 0.2) is 47.4 Å². The lowest BCUT2D eigenvalue weighted by Crippen LogP contribution is -2.52. The molecule has 1 heterocycles. The van der Waals surface area contributed by atoms with Gasteiger partial charge in [0.2, 0.25) is 22.2 Å². The Kier molecular flexibility index (Phi) is 7.30. The fourth-order valence-electron chi connectivity index (χ4n) is 3.54. The van der Waals surface area contributed by atoms with Crippen molar-refractivity contribution in [2.45, 2.75) is 56.9 Å². The topological polar surface area (TPSA) is 111 Å². The summed E-state index contributed by atoms with van der Waals surface area (Å²) in [5, 5.41) is 4.50. The van der Waals surface area contributed by atoms with Crippen LogP contribution in [0.1, 0.15) is 33.6 Å². The normalized spacial score (nSPS) is 20.0. The van der Waals surface area contributed by atoms with Gasteiger partial charge in [-0.15, -0.1) is 0 Å². The Morgan fingerprint density at radius 3 is 2.55 bits per heavy atom. The van der Waals surface area contributed by atoms with Crippen molar-refractivity contribution in [1.82, 2.24) is 10.0 Å². The summed E-state index contributed by atoms with van der Waals surface area (Å²) < 4.78 is 39.0. The Bertz CT molecular complexity index is 1050. The molecule has 9 heteroatoms. The third-order valence-corrected chi connectivity index (χ3v) is 6.47. The third kappa shape index (κ3) is 6.03. The van der Waals surface area contributed by atoms with Crippen LogP contribution in [0.2, 0.25) is 0 Å². The molecule has 31 heavy (non-hydrogen) atoms. The number of esters is 1. The van der Waals surface area contributed by atoms with Crippen molar-refractivity contribution < 1.29 is 27.5 Å². The van der Waals surface area contributed by atoms with Crippen molar-refractivity contribution in [3.05, 3.63) is 42.5 Å². The van der Waals surface area contributed by atoms with E-state index in [1.807, 2.05) is 38.1 Å². The molecule has 0 saturated carbocycles. The SMILES string of the molecule is CC(=O)O[C@@H]1OCC[C@@H]1NC(=O)C(CC(C)C)NS(=O)(=O)c1ccc2ccccc2c1. The third-order valence-electron chi connectivity index (χ3n) is 5.00. The summed E-state index contributed by atoms with van der Waals surface area (Å²) in [5.74, 6) is -0.924. The van der Waals surface area contributed by atoms with Gasteiger partial charge in [0.25, 0.3) is 0 Å². The predicted molar refractivity (Wildman–Crippen MR) is 116 cm³/mol. The average Bonchev–Trinajstić information content (AvgIpc) is 3.12. The number of nitrogens with one attached hydrogen (secondary N) is 2. The number of sulfonamides is 1. The monoisotopic (exact) mass is 448 g/mol. The van der Waals surface area contributed by atoms with E-state index >= 15 is 0 Å². The van der Waals surface area contributed by atoms with Gasteiger partial charge in [0, 0.05) is 6.92 Å². The molecule has 3 atom stereocenters. The molecular formula is C22H28N2O6S. The Morgan fingerprint density at radius 1 is 1.16 bits per heavy atom. The summed E-state index contributed by atoms with van der Waals surface area (Å²) in [6.07, 6.45) is -0.0989. The van der Waals surface area contributed by atoms with Crippen molar-refractivity contribution in [3.63, 3.8) is 0 Å². The first-order valence-corrected chi connectivity index (χ1v) is 11.7. The Hall–Kier alpha value is -2.49. The molecule has 0 radical (unpaired) electrons. The molecule has 168 valence electrons. The van der Waals surface area contributed by atoms with E-state index < -0.39 is 40.3 Å². The van der Waals surface area contributed by atoms with Crippen LogP contribution in [0.3, 0.4) is 0 Å². The smallest absolute Gasteiger partial charge is 0.305 e. The van der Waals surface area contributed by atoms with E-state index in [0.717, 1.165) is 10.8 Å². The minimum absolute atomic E-state index is 0.0687. The van der Waals surface area contributed by atoms with E-state index in [2.05, 4.69) is 10.0 Å². The molecule has 2 aromatic rings. The van der Waals surface area contributed by atoms with Crippen molar-refractivity contribution in [1.29, 1.82) is 0 Å².